The molecule has 3 aromatic carbocycles. The van der Waals surface area contributed by atoms with Gasteiger partial charge >= 0.3 is 5.97 Å². The number of fused-ring (bicyclic) bond motifs is 2. The molecule has 1 aliphatic heterocycles. The van der Waals surface area contributed by atoms with E-state index in [1.54, 1.807) is 37.3 Å². The van der Waals surface area contributed by atoms with Crippen LogP contribution in [0.15, 0.2) is 63.8 Å². The van der Waals surface area contributed by atoms with Crippen LogP contribution in [0.25, 0.3) is 22.3 Å². The maximum absolute atomic E-state index is 13.5. The fourth-order valence-electron chi connectivity index (χ4n) is 4.65. The summed E-state index contributed by atoms with van der Waals surface area (Å²) in [5, 5.41) is 13.3. The van der Waals surface area contributed by atoms with Crippen LogP contribution in [0.4, 0.5) is 10.1 Å². The van der Waals surface area contributed by atoms with Gasteiger partial charge in [0.2, 0.25) is 0 Å². The van der Waals surface area contributed by atoms with Gasteiger partial charge in [-0.3, -0.25) is 4.79 Å². The van der Waals surface area contributed by atoms with Crippen LogP contribution in [0.1, 0.15) is 46.4 Å². The van der Waals surface area contributed by atoms with Crippen LogP contribution >= 0.6 is 0 Å². The summed E-state index contributed by atoms with van der Waals surface area (Å²) in [4.78, 5) is 25.2. The highest BCUT2D eigenvalue weighted by atomic mass is 19.1. The predicted octanol–water partition coefficient (Wildman–Crippen LogP) is 6.10. The molecule has 1 aliphatic rings. The summed E-state index contributed by atoms with van der Waals surface area (Å²) in [5.74, 6) is -0.420. The van der Waals surface area contributed by atoms with E-state index in [1.807, 2.05) is 13.0 Å². The Labute approximate surface area is 201 Å². The van der Waals surface area contributed by atoms with Crippen molar-refractivity contribution in [3.63, 3.8) is 0 Å². The van der Waals surface area contributed by atoms with Crippen LogP contribution in [-0.2, 0) is 6.42 Å². The number of rotatable bonds is 5. The third-order valence-corrected chi connectivity index (χ3v) is 6.38. The summed E-state index contributed by atoms with van der Waals surface area (Å²) < 4.78 is 26.0. The van der Waals surface area contributed by atoms with Gasteiger partial charge in [0, 0.05) is 16.8 Å². The number of carboxylic acid groups (broad SMARTS) is 1. The SMILES string of the molecule is Cc1c(-c2ccc(F)cc2)oc2c(C(C)Nc3ccccc3C(=O)O)c3c(cc2c1=O)CCCO3. The molecule has 0 fully saturated rings. The molecule has 178 valence electrons. The van der Waals surface area contributed by atoms with Gasteiger partial charge in [-0.2, -0.15) is 0 Å². The zero-order valence-electron chi connectivity index (χ0n) is 19.4. The number of carboxylic acids is 1. The largest absolute Gasteiger partial charge is 0.493 e. The van der Waals surface area contributed by atoms with E-state index in [4.69, 9.17) is 9.15 Å². The Balaban J connectivity index is 1.74. The molecular weight excluding hydrogens is 449 g/mol. The number of benzene rings is 3. The van der Waals surface area contributed by atoms with Crippen LogP contribution in [0.5, 0.6) is 5.75 Å². The van der Waals surface area contributed by atoms with Crippen molar-refractivity contribution in [2.24, 2.45) is 0 Å². The third-order valence-electron chi connectivity index (χ3n) is 6.38. The zero-order chi connectivity index (χ0) is 24.7. The number of halogens is 1. The molecule has 0 aliphatic carbocycles. The Kier molecular flexibility index (Phi) is 5.76. The van der Waals surface area contributed by atoms with Crippen molar-refractivity contribution in [3.05, 3.63) is 92.9 Å². The van der Waals surface area contributed by atoms with Gasteiger partial charge in [0.1, 0.15) is 22.9 Å². The minimum Gasteiger partial charge on any atom is -0.493 e. The van der Waals surface area contributed by atoms with Crippen molar-refractivity contribution in [2.75, 3.05) is 11.9 Å². The first kappa shape index (κ1) is 22.7. The van der Waals surface area contributed by atoms with Gasteiger partial charge in [-0.05, 0) is 74.7 Å². The molecule has 0 radical (unpaired) electrons. The number of aromatic carboxylic acids is 1. The van der Waals surface area contributed by atoms with Crippen molar-refractivity contribution in [1.82, 2.24) is 0 Å². The molecule has 1 atom stereocenters. The number of hydrogen-bond acceptors (Lipinski definition) is 5. The fraction of sp³-hybridized carbons (Fsp3) is 0.214. The van der Waals surface area contributed by atoms with E-state index in [-0.39, 0.29) is 16.8 Å². The standard InChI is InChI=1S/C28H24FNO5/c1-15-24(31)21-14-18-6-5-13-34-26(18)23(16(2)30-22-8-4-3-7-20(22)28(32)33)27(21)35-25(15)17-9-11-19(29)12-10-17/h3-4,7-12,14,16,30H,5-6,13H2,1-2H3,(H,32,33). The number of aryl methyl sites for hydroxylation is 1. The first-order valence-corrected chi connectivity index (χ1v) is 11.5. The van der Waals surface area contributed by atoms with Crippen LogP contribution in [0.3, 0.4) is 0 Å². The lowest BCUT2D eigenvalue weighted by atomic mass is 9.94. The Hall–Kier alpha value is -4.13. The minimum atomic E-state index is -1.04. The van der Waals surface area contributed by atoms with Crippen molar-refractivity contribution in [3.8, 4) is 17.1 Å². The van der Waals surface area contributed by atoms with Gasteiger partial charge in [0.25, 0.3) is 0 Å². The molecule has 0 amide bonds. The Morgan fingerprint density at radius 1 is 1.14 bits per heavy atom. The number of anilines is 1. The molecule has 4 aromatic rings. The molecular formula is C28H24FNO5. The molecule has 0 bridgehead atoms. The number of para-hydroxylation sites is 1. The lowest BCUT2D eigenvalue weighted by Crippen LogP contribution is -2.18. The highest BCUT2D eigenvalue weighted by molar-refractivity contribution is 5.94. The summed E-state index contributed by atoms with van der Waals surface area (Å²) in [6.07, 6.45) is 1.59. The molecule has 0 spiro atoms. The van der Waals surface area contributed by atoms with Crippen LogP contribution in [-0.4, -0.2) is 17.7 Å². The van der Waals surface area contributed by atoms with Gasteiger partial charge in [0.15, 0.2) is 5.43 Å². The van der Waals surface area contributed by atoms with E-state index in [0.29, 0.717) is 51.5 Å². The average Bonchev–Trinajstić information content (AvgIpc) is 2.86. The minimum absolute atomic E-state index is 0.138. The smallest absolute Gasteiger partial charge is 0.337 e. The summed E-state index contributed by atoms with van der Waals surface area (Å²) in [7, 11) is 0. The lowest BCUT2D eigenvalue weighted by Gasteiger charge is -2.26. The van der Waals surface area contributed by atoms with E-state index in [2.05, 4.69) is 5.32 Å². The van der Waals surface area contributed by atoms with Crippen molar-refractivity contribution < 1.29 is 23.4 Å². The fourth-order valence-corrected chi connectivity index (χ4v) is 4.65. The maximum atomic E-state index is 13.5. The topological polar surface area (TPSA) is 88.8 Å². The van der Waals surface area contributed by atoms with Gasteiger partial charge in [-0.25, -0.2) is 9.18 Å². The summed E-state index contributed by atoms with van der Waals surface area (Å²) in [6, 6.07) is 13.8. The van der Waals surface area contributed by atoms with E-state index in [1.165, 1.54) is 18.2 Å². The number of nitrogens with one attached hydrogen (secondary N) is 1. The van der Waals surface area contributed by atoms with E-state index < -0.39 is 12.0 Å². The number of ether oxygens (including phenoxy) is 1. The van der Waals surface area contributed by atoms with E-state index in [9.17, 15) is 19.1 Å². The highest BCUT2D eigenvalue weighted by Crippen LogP contribution is 2.41. The Bertz CT molecular complexity index is 1510. The molecule has 7 heteroatoms. The normalized spacial score (nSPS) is 13.7. The molecule has 0 saturated heterocycles. The van der Waals surface area contributed by atoms with Gasteiger partial charge in [0.05, 0.1) is 29.2 Å². The summed E-state index contributed by atoms with van der Waals surface area (Å²) >= 11 is 0. The Morgan fingerprint density at radius 3 is 2.63 bits per heavy atom. The summed E-state index contributed by atoms with van der Waals surface area (Å²) in [5.41, 5.74) is 3.37. The third kappa shape index (κ3) is 4.03. The second-order valence-electron chi connectivity index (χ2n) is 8.72. The van der Waals surface area contributed by atoms with Crippen LogP contribution < -0.4 is 15.5 Å². The predicted molar refractivity (Wildman–Crippen MR) is 132 cm³/mol. The highest BCUT2D eigenvalue weighted by Gasteiger charge is 2.27. The zero-order valence-corrected chi connectivity index (χ0v) is 19.4. The molecule has 0 saturated carbocycles. The first-order chi connectivity index (χ1) is 16.8. The number of hydrogen-bond donors (Lipinski definition) is 2. The molecule has 6 nitrogen and oxygen atoms in total. The monoisotopic (exact) mass is 473 g/mol. The van der Waals surface area contributed by atoms with Gasteiger partial charge in [-0.1, -0.05) is 12.1 Å². The van der Waals surface area contributed by atoms with E-state index >= 15 is 0 Å². The van der Waals surface area contributed by atoms with Crippen molar-refractivity contribution in [2.45, 2.75) is 32.7 Å². The molecule has 35 heavy (non-hydrogen) atoms. The van der Waals surface area contributed by atoms with Gasteiger partial charge in [-0.15, -0.1) is 0 Å². The molecule has 1 aromatic heterocycles. The molecule has 5 rings (SSSR count). The van der Waals surface area contributed by atoms with Crippen molar-refractivity contribution >= 4 is 22.6 Å². The van der Waals surface area contributed by atoms with E-state index in [0.717, 1.165) is 18.4 Å². The molecule has 1 unspecified atom stereocenters. The molecule has 2 N–H and O–H groups in total. The summed E-state index contributed by atoms with van der Waals surface area (Å²) in [6.45, 7) is 4.11. The Morgan fingerprint density at radius 2 is 1.89 bits per heavy atom. The van der Waals surface area contributed by atoms with Crippen LogP contribution in [0.2, 0.25) is 0 Å². The molecule has 2 heterocycles. The maximum Gasteiger partial charge on any atom is 0.337 e. The first-order valence-electron chi connectivity index (χ1n) is 11.5. The van der Waals surface area contributed by atoms with Gasteiger partial charge < -0.3 is 19.6 Å². The van der Waals surface area contributed by atoms with Crippen LogP contribution in [0, 0.1) is 12.7 Å². The number of carbonyl (C=O) groups is 1. The second kappa shape index (κ2) is 8.91. The lowest BCUT2D eigenvalue weighted by molar-refractivity contribution is 0.0698. The second-order valence-corrected chi connectivity index (χ2v) is 8.72. The van der Waals surface area contributed by atoms with Crippen molar-refractivity contribution in [1.29, 1.82) is 0 Å². The quantitative estimate of drug-likeness (QED) is 0.364. The average molecular weight is 474 g/mol.